The summed E-state index contributed by atoms with van der Waals surface area (Å²) in [6.45, 7) is 17.7. The Morgan fingerprint density at radius 1 is 1.19 bits per heavy atom. The second kappa shape index (κ2) is 7.49. The summed E-state index contributed by atoms with van der Waals surface area (Å²) in [5.41, 5.74) is 6.46. The lowest BCUT2D eigenvalue weighted by atomic mass is 9.70. The van der Waals surface area contributed by atoms with Crippen molar-refractivity contribution in [1.29, 1.82) is 0 Å². The van der Waals surface area contributed by atoms with Crippen LogP contribution in [0.1, 0.15) is 71.9 Å². The van der Waals surface area contributed by atoms with E-state index in [1.807, 2.05) is 0 Å². The van der Waals surface area contributed by atoms with Crippen LogP contribution < -0.4 is 4.90 Å². The number of nitrogens with zero attached hydrogens (tertiary/aromatic N) is 1. The van der Waals surface area contributed by atoms with Gasteiger partial charge >= 0.3 is 0 Å². The third-order valence-corrected chi connectivity index (χ3v) is 6.77. The summed E-state index contributed by atoms with van der Waals surface area (Å²) in [6, 6.07) is 6.81. The average molecular weight is 366 g/mol. The van der Waals surface area contributed by atoms with Gasteiger partial charge in [0.25, 0.3) is 0 Å². The highest BCUT2D eigenvalue weighted by atomic mass is 15.2. The maximum Gasteiger partial charge on any atom is 0.0433 e. The van der Waals surface area contributed by atoms with Gasteiger partial charge in [0.1, 0.15) is 0 Å². The molecule has 2 atom stereocenters. The maximum atomic E-state index is 2.72. The van der Waals surface area contributed by atoms with Gasteiger partial charge in [-0.25, -0.2) is 0 Å². The minimum absolute atomic E-state index is 0.195. The van der Waals surface area contributed by atoms with Crippen LogP contribution in [-0.2, 0) is 6.42 Å². The standard InChI is InChI=1S/C26H39N/c1-8-22-11-9-10-20(4)24(22)27-18-26(7,17-25(27,5)6)23-14-12-21(13-15-23)16-19(2)3/h9-14,19,23H,8,15-18H2,1-7H3. The zero-order valence-electron chi connectivity index (χ0n) is 18.6. The number of hydrogen-bond acceptors (Lipinski definition) is 1. The Hall–Kier alpha value is -1.50. The lowest BCUT2D eigenvalue weighted by molar-refractivity contribution is 0.242. The molecule has 148 valence electrons. The first kappa shape index (κ1) is 20.2. The normalized spacial score (nSPS) is 27.3. The molecular formula is C26H39N. The minimum atomic E-state index is 0.195. The minimum Gasteiger partial charge on any atom is -0.365 e. The van der Waals surface area contributed by atoms with Crippen molar-refractivity contribution in [3.63, 3.8) is 0 Å². The van der Waals surface area contributed by atoms with Crippen LogP contribution in [0, 0.1) is 24.2 Å². The number of rotatable bonds is 5. The first-order valence-corrected chi connectivity index (χ1v) is 10.9. The van der Waals surface area contributed by atoms with E-state index in [4.69, 9.17) is 0 Å². The van der Waals surface area contributed by atoms with Gasteiger partial charge in [-0.1, -0.05) is 69.7 Å². The van der Waals surface area contributed by atoms with Crippen LogP contribution in [0.4, 0.5) is 5.69 Å². The summed E-state index contributed by atoms with van der Waals surface area (Å²) in [5.74, 6) is 1.38. The Bertz CT molecular complexity index is 737. The Labute approximate surface area is 167 Å². The van der Waals surface area contributed by atoms with Gasteiger partial charge in [0.15, 0.2) is 0 Å². The monoisotopic (exact) mass is 365 g/mol. The van der Waals surface area contributed by atoms with Gasteiger partial charge in [-0.2, -0.15) is 0 Å². The van der Waals surface area contributed by atoms with Gasteiger partial charge in [0.05, 0.1) is 0 Å². The molecule has 0 N–H and O–H groups in total. The molecule has 1 aromatic carbocycles. The van der Waals surface area contributed by atoms with Crippen LogP contribution in [0.3, 0.4) is 0 Å². The number of para-hydroxylation sites is 1. The third kappa shape index (κ3) is 4.03. The first-order chi connectivity index (χ1) is 12.7. The number of aryl methyl sites for hydroxylation is 2. The molecule has 1 aliphatic carbocycles. The highest BCUT2D eigenvalue weighted by Gasteiger charge is 2.49. The van der Waals surface area contributed by atoms with Gasteiger partial charge in [-0.3, -0.25) is 0 Å². The van der Waals surface area contributed by atoms with Gasteiger partial charge in [-0.05, 0) is 74.8 Å². The molecule has 3 rings (SSSR count). The van der Waals surface area contributed by atoms with E-state index in [1.165, 1.54) is 41.6 Å². The zero-order valence-corrected chi connectivity index (χ0v) is 18.6. The fourth-order valence-corrected chi connectivity index (χ4v) is 5.54. The van der Waals surface area contributed by atoms with E-state index in [1.54, 1.807) is 0 Å². The molecule has 0 spiro atoms. The molecule has 2 aliphatic rings. The molecule has 1 fully saturated rings. The average Bonchev–Trinajstić information content (AvgIpc) is 2.84. The highest BCUT2D eigenvalue weighted by Crippen LogP contribution is 2.51. The van der Waals surface area contributed by atoms with Crippen LogP contribution in [0.2, 0.25) is 0 Å². The molecular weight excluding hydrogens is 326 g/mol. The van der Waals surface area contributed by atoms with E-state index in [0.717, 1.165) is 18.9 Å². The fourth-order valence-electron chi connectivity index (χ4n) is 5.54. The Kier molecular flexibility index (Phi) is 5.62. The molecule has 0 radical (unpaired) electrons. The lowest BCUT2D eigenvalue weighted by Gasteiger charge is -2.36. The number of anilines is 1. The summed E-state index contributed by atoms with van der Waals surface area (Å²) in [5, 5.41) is 0. The predicted molar refractivity (Wildman–Crippen MR) is 119 cm³/mol. The van der Waals surface area contributed by atoms with Gasteiger partial charge in [-0.15, -0.1) is 0 Å². The van der Waals surface area contributed by atoms with Crippen molar-refractivity contribution >= 4 is 5.69 Å². The summed E-state index contributed by atoms with van der Waals surface area (Å²) in [6.07, 6.45) is 12.2. The zero-order chi connectivity index (χ0) is 19.8. The Morgan fingerprint density at radius 2 is 1.93 bits per heavy atom. The van der Waals surface area contributed by atoms with Crippen LogP contribution in [-0.4, -0.2) is 12.1 Å². The molecule has 0 bridgehead atoms. The Morgan fingerprint density at radius 3 is 2.52 bits per heavy atom. The smallest absolute Gasteiger partial charge is 0.0433 e. The summed E-state index contributed by atoms with van der Waals surface area (Å²) >= 11 is 0. The third-order valence-electron chi connectivity index (χ3n) is 6.77. The highest BCUT2D eigenvalue weighted by molar-refractivity contribution is 5.62. The quantitative estimate of drug-likeness (QED) is 0.538. The number of allylic oxidation sites excluding steroid dienone is 4. The molecule has 0 saturated carbocycles. The van der Waals surface area contributed by atoms with Gasteiger partial charge < -0.3 is 4.90 Å². The number of hydrogen-bond donors (Lipinski definition) is 0. The fraction of sp³-hybridized carbons (Fsp3) is 0.615. The van der Waals surface area contributed by atoms with E-state index >= 15 is 0 Å². The SMILES string of the molecule is CCc1cccc(C)c1N1CC(C)(C2C=CC(CC(C)C)=CC2)CC1(C)C. The second-order valence-electron chi connectivity index (χ2n) is 10.2. The molecule has 27 heavy (non-hydrogen) atoms. The van der Waals surface area contributed by atoms with Crippen molar-refractivity contribution < 1.29 is 0 Å². The van der Waals surface area contributed by atoms with Crippen molar-refractivity contribution in [2.75, 3.05) is 11.4 Å². The second-order valence-corrected chi connectivity index (χ2v) is 10.2. The summed E-state index contributed by atoms with van der Waals surface area (Å²) in [4.78, 5) is 2.72. The predicted octanol–water partition coefficient (Wildman–Crippen LogP) is 7.10. The molecule has 1 heterocycles. The molecule has 1 heteroatoms. The van der Waals surface area contributed by atoms with Crippen LogP contribution >= 0.6 is 0 Å². The van der Waals surface area contributed by atoms with Crippen LogP contribution in [0.15, 0.2) is 42.0 Å². The van der Waals surface area contributed by atoms with Gasteiger partial charge in [0, 0.05) is 17.8 Å². The maximum absolute atomic E-state index is 2.72. The Balaban J connectivity index is 1.85. The van der Waals surface area contributed by atoms with Crippen molar-refractivity contribution in [1.82, 2.24) is 0 Å². The molecule has 1 aromatic rings. The molecule has 1 saturated heterocycles. The summed E-state index contributed by atoms with van der Waals surface area (Å²) < 4.78 is 0. The van der Waals surface area contributed by atoms with Crippen molar-refractivity contribution in [2.45, 2.75) is 79.7 Å². The van der Waals surface area contributed by atoms with E-state index in [9.17, 15) is 0 Å². The van der Waals surface area contributed by atoms with E-state index in [0.29, 0.717) is 11.3 Å². The van der Waals surface area contributed by atoms with Crippen molar-refractivity contribution in [2.24, 2.45) is 17.3 Å². The van der Waals surface area contributed by atoms with E-state index < -0.39 is 0 Å². The van der Waals surface area contributed by atoms with Crippen molar-refractivity contribution in [3.8, 4) is 0 Å². The lowest BCUT2D eigenvalue weighted by Crippen LogP contribution is -2.39. The summed E-state index contributed by atoms with van der Waals surface area (Å²) in [7, 11) is 0. The van der Waals surface area contributed by atoms with E-state index in [2.05, 4.69) is 89.8 Å². The molecule has 2 unspecified atom stereocenters. The number of benzene rings is 1. The molecule has 0 amide bonds. The largest absolute Gasteiger partial charge is 0.365 e. The molecule has 1 aliphatic heterocycles. The van der Waals surface area contributed by atoms with Crippen molar-refractivity contribution in [3.05, 3.63) is 53.1 Å². The van der Waals surface area contributed by atoms with E-state index in [-0.39, 0.29) is 5.54 Å². The van der Waals surface area contributed by atoms with Crippen LogP contribution in [0.5, 0.6) is 0 Å². The van der Waals surface area contributed by atoms with Gasteiger partial charge in [0.2, 0.25) is 0 Å². The topological polar surface area (TPSA) is 3.24 Å². The van der Waals surface area contributed by atoms with Crippen LogP contribution in [0.25, 0.3) is 0 Å². The molecule has 1 nitrogen and oxygen atoms in total. The molecule has 0 aromatic heterocycles. The first-order valence-electron chi connectivity index (χ1n) is 10.9.